The zero-order chi connectivity index (χ0) is 15.5. The van der Waals surface area contributed by atoms with E-state index in [2.05, 4.69) is 0 Å². The van der Waals surface area contributed by atoms with Gasteiger partial charge in [-0.05, 0) is 31.6 Å². The standard InChI is InChI=1S/C16H17F3O2/c1-13(21,16(17,18)19)15-8-14(9-15,10-15)7-12(20)11-5-3-2-4-6-11/h2-6,21H,7-10H2,1H3. The van der Waals surface area contributed by atoms with E-state index in [1.165, 1.54) is 0 Å². The molecule has 0 spiro atoms. The molecule has 0 saturated heterocycles. The Kier molecular flexibility index (Phi) is 2.84. The first kappa shape index (κ1) is 14.6. The molecule has 5 heteroatoms. The molecule has 3 aliphatic rings. The first-order valence-corrected chi connectivity index (χ1v) is 6.98. The van der Waals surface area contributed by atoms with Gasteiger partial charge in [0.15, 0.2) is 11.4 Å². The zero-order valence-electron chi connectivity index (χ0n) is 11.7. The van der Waals surface area contributed by atoms with Crippen LogP contribution in [0.4, 0.5) is 13.2 Å². The predicted molar refractivity (Wildman–Crippen MR) is 70.8 cm³/mol. The van der Waals surface area contributed by atoms with E-state index >= 15 is 0 Å². The minimum atomic E-state index is -4.62. The van der Waals surface area contributed by atoms with Crippen LogP contribution in [0, 0.1) is 10.8 Å². The van der Waals surface area contributed by atoms with Crippen LogP contribution in [0.3, 0.4) is 0 Å². The van der Waals surface area contributed by atoms with Crippen molar-refractivity contribution in [1.82, 2.24) is 0 Å². The first-order valence-electron chi connectivity index (χ1n) is 6.98. The maximum atomic E-state index is 12.9. The van der Waals surface area contributed by atoms with Crippen LogP contribution in [0.15, 0.2) is 30.3 Å². The van der Waals surface area contributed by atoms with E-state index in [4.69, 9.17) is 0 Å². The smallest absolute Gasteiger partial charge is 0.380 e. The Morgan fingerprint density at radius 3 is 2.19 bits per heavy atom. The van der Waals surface area contributed by atoms with E-state index in [0.29, 0.717) is 5.56 Å². The molecular formula is C16H17F3O2. The lowest BCUT2D eigenvalue weighted by Crippen LogP contribution is -2.74. The third kappa shape index (κ3) is 1.94. The largest absolute Gasteiger partial charge is 0.417 e. The lowest BCUT2D eigenvalue weighted by molar-refractivity contribution is -0.376. The number of rotatable bonds is 4. The van der Waals surface area contributed by atoms with Crippen molar-refractivity contribution >= 4 is 5.78 Å². The average molecular weight is 298 g/mol. The normalized spacial score (nSPS) is 33.6. The molecule has 1 unspecified atom stereocenters. The Bertz CT molecular complexity index is 555. The number of Topliss-reactive ketones (excluding diaryl/α,β-unsaturated/α-hetero) is 1. The molecule has 1 aromatic rings. The highest BCUT2D eigenvalue weighted by atomic mass is 19.4. The van der Waals surface area contributed by atoms with Gasteiger partial charge in [0.2, 0.25) is 0 Å². The monoisotopic (exact) mass is 298 g/mol. The summed E-state index contributed by atoms with van der Waals surface area (Å²) in [6.07, 6.45) is -3.50. The van der Waals surface area contributed by atoms with Crippen LogP contribution >= 0.6 is 0 Å². The molecule has 0 aliphatic heterocycles. The van der Waals surface area contributed by atoms with Crippen LogP contribution < -0.4 is 0 Å². The molecule has 114 valence electrons. The molecule has 4 rings (SSSR count). The van der Waals surface area contributed by atoms with Crippen molar-refractivity contribution in [2.45, 2.75) is 44.4 Å². The highest BCUT2D eigenvalue weighted by Crippen LogP contribution is 2.79. The maximum Gasteiger partial charge on any atom is 0.417 e. The van der Waals surface area contributed by atoms with Crippen molar-refractivity contribution in [3.63, 3.8) is 0 Å². The van der Waals surface area contributed by atoms with E-state index < -0.39 is 17.2 Å². The number of halogens is 3. The molecule has 21 heavy (non-hydrogen) atoms. The number of benzene rings is 1. The Labute approximate surface area is 121 Å². The molecule has 2 bridgehead atoms. The van der Waals surface area contributed by atoms with Gasteiger partial charge in [0, 0.05) is 17.4 Å². The van der Waals surface area contributed by atoms with Crippen molar-refractivity contribution < 1.29 is 23.1 Å². The molecule has 3 aliphatic carbocycles. The number of hydrogen-bond donors (Lipinski definition) is 1. The van der Waals surface area contributed by atoms with Gasteiger partial charge in [-0.15, -0.1) is 0 Å². The lowest BCUT2D eigenvalue weighted by Gasteiger charge is -2.75. The van der Waals surface area contributed by atoms with Gasteiger partial charge in [-0.25, -0.2) is 0 Å². The van der Waals surface area contributed by atoms with Crippen molar-refractivity contribution in [2.24, 2.45) is 10.8 Å². The van der Waals surface area contributed by atoms with Gasteiger partial charge in [0.05, 0.1) is 0 Å². The zero-order valence-corrected chi connectivity index (χ0v) is 11.7. The molecule has 0 aromatic heterocycles. The van der Waals surface area contributed by atoms with Crippen molar-refractivity contribution in [3.05, 3.63) is 35.9 Å². The van der Waals surface area contributed by atoms with Gasteiger partial charge >= 0.3 is 6.18 Å². The minimum Gasteiger partial charge on any atom is -0.380 e. The van der Waals surface area contributed by atoms with Crippen molar-refractivity contribution in [3.8, 4) is 0 Å². The molecular weight excluding hydrogens is 281 g/mol. The summed E-state index contributed by atoms with van der Waals surface area (Å²) in [7, 11) is 0. The topological polar surface area (TPSA) is 37.3 Å². The van der Waals surface area contributed by atoms with Gasteiger partial charge in [-0.2, -0.15) is 13.2 Å². The lowest BCUT2D eigenvalue weighted by atomic mass is 9.30. The fourth-order valence-corrected chi connectivity index (χ4v) is 4.07. The van der Waals surface area contributed by atoms with Gasteiger partial charge < -0.3 is 5.11 Å². The number of ketones is 1. The van der Waals surface area contributed by atoms with Crippen LogP contribution in [0.2, 0.25) is 0 Å². The summed E-state index contributed by atoms with van der Waals surface area (Å²) in [5.74, 6) is -0.0319. The van der Waals surface area contributed by atoms with Crippen molar-refractivity contribution in [1.29, 1.82) is 0 Å². The third-order valence-electron chi connectivity index (χ3n) is 5.36. The van der Waals surface area contributed by atoms with E-state index in [0.717, 1.165) is 6.92 Å². The van der Waals surface area contributed by atoms with Gasteiger partial charge in [0.1, 0.15) is 0 Å². The second kappa shape index (κ2) is 4.09. The Hall–Kier alpha value is -1.36. The van der Waals surface area contributed by atoms with Gasteiger partial charge in [0.25, 0.3) is 0 Å². The summed E-state index contributed by atoms with van der Waals surface area (Å²) in [6, 6.07) is 8.79. The second-order valence-corrected chi connectivity index (χ2v) is 6.85. The van der Waals surface area contributed by atoms with Gasteiger partial charge in [-0.3, -0.25) is 4.79 Å². The predicted octanol–water partition coefficient (Wildman–Crippen LogP) is 3.74. The highest BCUT2D eigenvalue weighted by molar-refractivity contribution is 5.96. The van der Waals surface area contributed by atoms with E-state index in [1.54, 1.807) is 24.3 Å². The maximum absolute atomic E-state index is 12.9. The highest BCUT2D eigenvalue weighted by Gasteiger charge is 2.79. The molecule has 0 amide bonds. The average Bonchev–Trinajstić information content (AvgIpc) is 2.31. The Morgan fingerprint density at radius 1 is 1.19 bits per heavy atom. The van der Waals surface area contributed by atoms with E-state index in [-0.39, 0.29) is 36.9 Å². The molecule has 1 atom stereocenters. The van der Waals surface area contributed by atoms with E-state index in [1.807, 2.05) is 6.07 Å². The van der Waals surface area contributed by atoms with Crippen LogP contribution in [0.1, 0.15) is 43.0 Å². The Morgan fingerprint density at radius 2 is 1.71 bits per heavy atom. The number of alkyl halides is 3. The Balaban J connectivity index is 1.66. The first-order chi connectivity index (χ1) is 9.61. The fraction of sp³-hybridized carbons (Fsp3) is 0.562. The third-order valence-corrected chi connectivity index (χ3v) is 5.36. The van der Waals surface area contributed by atoms with Crippen LogP contribution in [0.25, 0.3) is 0 Å². The van der Waals surface area contributed by atoms with Crippen LogP contribution in [0.5, 0.6) is 0 Å². The summed E-state index contributed by atoms with van der Waals surface area (Å²) in [6.45, 7) is 0.856. The summed E-state index contributed by atoms with van der Waals surface area (Å²) in [4.78, 5) is 12.1. The number of carbonyl (C=O) groups is 1. The van der Waals surface area contributed by atoms with E-state index in [9.17, 15) is 23.1 Å². The summed E-state index contributed by atoms with van der Waals surface area (Å²) in [5, 5.41) is 9.82. The van der Waals surface area contributed by atoms with Crippen LogP contribution in [-0.4, -0.2) is 22.7 Å². The molecule has 3 saturated carbocycles. The number of carbonyl (C=O) groups excluding carboxylic acids is 1. The molecule has 2 nitrogen and oxygen atoms in total. The molecule has 1 aromatic carbocycles. The number of aliphatic hydroxyl groups is 1. The second-order valence-electron chi connectivity index (χ2n) is 6.85. The summed E-state index contributed by atoms with van der Waals surface area (Å²) < 4.78 is 38.7. The van der Waals surface area contributed by atoms with Gasteiger partial charge in [-0.1, -0.05) is 30.3 Å². The summed E-state index contributed by atoms with van der Waals surface area (Å²) >= 11 is 0. The molecule has 1 N–H and O–H groups in total. The SMILES string of the molecule is CC(O)(C(F)(F)F)C12CC(CC(=O)c3ccccc3)(C1)C2. The summed E-state index contributed by atoms with van der Waals surface area (Å²) in [5.41, 5.74) is -3.47. The molecule has 3 fully saturated rings. The minimum absolute atomic E-state index is 0.0319. The molecule has 0 radical (unpaired) electrons. The molecule has 0 heterocycles. The quantitative estimate of drug-likeness (QED) is 0.860. The van der Waals surface area contributed by atoms with Crippen molar-refractivity contribution in [2.75, 3.05) is 0 Å². The fourth-order valence-electron chi connectivity index (χ4n) is 4.07. The van der Waals surface area contributed by atoms with Crippen LogP contribution in [-0.2, 0) is 0 Å². The number of hydrogen-bond acceptors (Lipinski definition) is 2.